The van der Waals surface area contributed by atoms with Crippen LogP contribution in [0.2, 0.25) is 0 Å². The van der Waals surface area contributed by atoms with Crippen molar-refractivity contribution in [3.63, 3.8) is 0 Å². The summed E-state index contributed by atoms with van der Waals surface area (Å²) in [5.41, 5.74) is 2.19. The van der Waals surface area contributed by atoms with Crippen LogP contribution in [0.4, 0.5) is 5.69 Å². The van der Waals surface area contributed by atoms with Gasteiger partial charge in [0.15, 0.2) is 0 Å². The Balaban J connectivity index is 1.72. The maximum Gasteiger partial charge on any atom is 0.264 e. The lowest BCUT2D eigenvalue weighted by molar-refractivity contribution is -0.140. The fourth-order valence-corrected chi connectivity index (χ4v) is 6.74. The van der Waals surface area contributed by atoms with Crippen molar-refractivity contribution in [2.24, 2.45) is 0 Å². The van der Waals surface area contributed by atoms with Gasteiger partial charge in [0.25, 0.3) is 10.0 Å². The van der Waals surface area contributed by atoms with E-state index < -0.39 is 28.5 Å². The second kappa shape index (κ2) is 13.7. The Labute approximate surface area is 243 Å². The maximum absolute atomic E-state index is 14.2. The number of methoxy groups -OCH3 is 1. The lowest BCUT2D eigenvalue weighted by Gasteiger charge is -2.34. The van der Waals surface area contributed by atoms with Crippen molar-refractivity contribution >= 4 is 27.5 Å². The first kappa shape index (κ1) is 30.1. The summed E-state index contributed by atoms with van der Waals surface area (Å²) in [7, 11) is -2.63. The van der Waals surface area contributed by atoms with Gasteiger partial charge in [-0.2, -0.15) is 0 Å². The molecule has 0 saturated heterocycles. The first-order chi connectivity index (χ1) is 19.7. The third-order valence-electron chi connectivity index (χ3n) is 7.47. The number of benzene rings is 3. The lowest BCUT2D eigenvalue weighted by atomic mass is 10.1. The molecule has 0 aliphatic heterocycles. The molecule has 1 unspecified atom stereocenters. The zero-order valence-electron chi connectivity index (χ0n) is 24.0. The third-order valence-corrected chi connectivity index (χ3v) is 9.26. The van der Waals surface area contributed by atoms with E-state index in [0.717, 1.165) is 41.1 Å². The van der Waals surface area contributed by atoms with Crippen LogP contribution in [0, 0.1) is 6.92 Å². The van der Waals surface area contributed by atoms with Gasteiger partial charge in [-0.15, -0.1) is 0 Å². The van der Waals surface area contributed by atoms with Crippen molar-refractivity contribution in [2.45, 2.75) is 69.5 Å². The molecule has 3 aromatic rings. The highest BCUT2D eigenvalue weighted by molar-refractivity contribution is 7.92. The van der Waals surface area contributed by atoms with E-state index in [2.05, 4.69) is 5.32 Å². The highest BCUT2D eigenvalue weighted by atomic mass is 32.2. The molecule has 41 heavy (non-hydrogen) atoms. The average Bonchev–Trinajstić information content (AvgIpc) is 3.49. The monoisotopic (exact) mass is 577 g/mol. The summed E-state index contributed by atoms with van der Waals surface area (Å²) in [4.78, 5) is 29.3. The molecule has 3 aromatic carbocycles. The minimum atomic E-state index is -4.13. The number of carbonyl (C=O) groups is 2. The molecule has 1 aliphatic carbocycles. The number of hydrogen-bond acceptors (Lipinski definition) is 5. The molecule has 0 heterocycles. The van der Waals surface area contributed by atoms with Gasteiger partial charge < -0.3 is 15.0 Å². The molecule has 9 heteroatoms. The maximum atomic E-state index is 14.2. The Morgan fingerprint density at radius 3 is 2.34 bits per heavy atom. The molecule has 0 bridgehead atoms. The second-order valence-corrected chi connectivity index (χ2v) is 12.3. The molecule has 1 fully saturated rings. The largest absolute Gasteiger partial charge is 0.497 e. The zero-order chi connectivity index (χ0) is 29.4. The molecular formula is C32H39N3O5S. The van der Waals surface area contributed by atoms with Crippen LogP contribution >= 0.6 is 0 Å². The van der Waals surface area contributed by atoms with Gasteiger partial charge in [0.05, 0.1) is 17.7 Å². The number of sulfonamides is 1. The van der Waals surface area contributed by atoms with Crippen LogP contribution in [-0.2, 0) is 26.2 Å². The van der Waals surface area contributed by atoms with Crippen molar-refractivity contribution < 1.29 is 22.7 Å². The van der Waals surface area contributed by atoms with Gasteiger partial charge >= 0.3 is 0 Å². The highest BCUT2D eigenvalue weighted by Crippen LogP contribution is 2.28. The highest BCUT2D eigenvalue weighted by Gasteiger charge is 2.34. The number of hydrogen-bond donors (Lipinski definition) is 1. The van der Waals surface area contributed by atoms with Crippen LogP contribution in [0.15, 0.2) is 83.8 Å². The van der Waals surface area contributed by atoms with E-state index in [1.807, 2.05) is 38.1 Å². The molecule has 1 aliphatic rings. The van der Waals surface area contributed by atoms with Crippen molar-refractivity contribution in [3.8, 4) is 5.75 Å². The number of aryl methyl sites for hydroxylation is 1. The molecule has 1 saturated carbocycles. The SMILES string of the molecule is CCC(C(=O)NC1CCCC1)N(Cc1cccc(C)c1)C(=O)CN(c1cccc(OC)c1)S(=O)(=O)c1ccccc1. The normalized spacial score (nSPS) is 14.3. The molecule has 1 atom stereocenters. The van der Waals surface area contributed by atoms with E-state index in [4.69, 9.17) is 4.74 Å². The molecule has 218 valence electrons. The van der Waals surface area contributed by atoms with E-state index in [1.165, 1.54) is 24.1 Å². The van der Waals surface area contributed by atoms with Crippen LogP contribution in [0.1, 0.15) is 50.2 Å². The number of ether oxygens (including phenoxy) is 1. The zero-order valence-corrected chi connectivity index (χ0v) is 24.8. The van der Waals surface area contributed by atoms with Gasteiger partial charge in [0.1, 0.15) is 18.3 Å². The smallest absolute Gasteiger partial charge is 0.264 e. The molecule has 1 N–H and O–H groups in total. The topological polar surface area (TPSA) is 96.0 Å². The van der Waals surface area contributed by atoms with Gasteiger partial charge in [-0.1, -0.05) is 73.9 Å². The average molecular weight is 578 g/mol. The molecule has 8 nitrogen and oxygen atoms in total. The number of rotatable bonds is 12. The summed E-state index contributed by atoms with van der Waals surface area (Å²) in [5.74, 6) is -0.219. The Kier molecular flexibility index (Phi) is 10.0. The van der Waals surface area contributed by atoms with Crippen molar-refractivity contribution in [2.75, 3.05) is 18.0 Å². The number of nitrogens with one attached hydrogen (secondary N) is 1. The predicted octanol–water partition coefficient (Wildman–Crippen LogP) is 5.07. The minimum absolute atomic E-state index is 0.0619. The summed E-state index contributed by atoms with van der Waals surface area (Å²) in [6.45, 7) is 3.53. The summed E-state index contributed by atoms with van der Waals surface area (Å²) >= 11 is 0. The summed E-state index contributed by atoms with van der Waals surface area (Å²) in [6, 6.07) is 21.7. The summed E-state index contributed by atoms with van der Waals surface area (Å²) < 4.78 is 34.3. The van der Waals surface area contributed by atoms with Crippen molar-refractivity contribution in [1.29, 1.82) is 0 Å². The third kappa shape index (κ3) is 7.47. The first-order valence-electron chi connectivity index (χ1n) is 14.1. The number of nitrogens with zero attached hydrogens (tertiary/aromatic N) is 2. The van der Waals surface area contributed by atoms with Crippen LogP contribution in [0.3, 0.4) is 0 Å². The molecule has 4 rings (SSSR count). The van der Waals surface area contributed by atoms with Crippen molar-refractivity contribution in [1.82, 2.24) is 10.2 Å². The molecule has 2 amide bonds. The standard InChI is InChI=1S/C32H39N3O5S/c1-4-30(32(37)33-26-14-8-9-15-26)34(22-25-13-10-12-24(2)20-25)31(36)23-35(27-16-11-17-28(21-27)40-3)41(38,39)29-18-6-5-7-19-29/h5-7,10-13,16-21,26,30H,4,8-9,14-15,22-23H2,1-3H3,(H,33,37). The van der Waals surface area contributed by atoms with E-state index >= 15 is 0 Å². The van der Waals surface area contributed by atoms with Crippen LogP contribution in [0.5, 0.6) is 5.75 Å². The molecule has 0 spiro atoms. The number of anilines is 1. The summed E-state index contributed by atoms with van der Waals surface area (Å²) in [5, 5.41) is 3.14. The van der Waals surface area contributed by atoms with Crippen LogP contribution < -0.4 is 14.4 Å². The van der Waals surface area contributed by atoms with Gasteiger partial charge in [0, 0.05) is 18.7 Å². The van der Waals surface area contributed by atoms with E-state index in [9.17, 15) is 18.0 Å². The predicted molar refractivity (Wildman–Crippen MR) is 160 cm³/mol. The summed E-state index contributed by atoms with van der Waals surface area (Å²) in [6.07, 6.45) is 4.38. The van der Waals surface area contributed by atoms with Gasteiger partial charge in [0.2, 0.25) is 11.8 Å². The molecular weight excluding hydrogens is 538 g/mol. The Hall–Kier alpha value is -3.85. The number of amides is 2. The Morgan fingerprint density at radius 1 is 0.976 bits per heavy atom. The Bertz CT molecular complexity index is 1440. The lowest BCUT2D eigenvalue weighted by Crippen LogP contribution is -2.53. The van der Waals surface area contributed by atoms with Crippen LogP contribution in [-0.4, -0.2) is 50.9 Å². The second-order valence-electron chi connectivity index (χ2n) is 10.5. The fraction of sp³-hybridized carbons (Fsp3) is 0.375. The quantitative estimate of drug-likeness (QED) is 0.325. The first-order valence-corrected chi connectivity index (χ1v) is 15.5. The molecule has 0 aromatic heterocycles. The van der Waals surface area contributed by atoms with Crippen LogP contribution in [0.25, 0.3) is 0 Å². The van der Waals surface area contributed by atoms with E-state index in [-0.39, 0.29) is 23.4 Å². The fourth-order valence-electron chi connectivity index (χ4n) is 5.31. The van der Waals surface area contributed by atoms with Gasteiger partial charge in [-0.05, 0) is 56.0 Å². The van der Waals surface area contributed by atoms with E-state index in [1.54, 1.807) is 42.5 Å². The minimum Gasteiger partial charge on any atom is -0.497 e. The van der Waals surface area contributed by atoms with Gasteiger partial charge in [-0.25, -0.2) is 8.42 Å². The Morgan fingerprint density at radius 2 is 1.68 bits per heavy atom. The van der Waals surface area contributed by atoms with E-state index in [0.29, 0.717) is 17.9 Å². The molecule has 0 radical (unpaired) electrons. The van der Waals surface area contributed by atoms with Crippen molar-refractivity contribution in [3.05, 3.63) is 90.0 Å². The number of carbonyl (C=O) groups excluding carboxylic acids is 2. The van der Waals surface area contributed by atoms with Gasteiger partial charge in [-0.3, -0.25) is 13.9 Å².